The molecule has 1 saturated carbocycles. The van der Waals surface area contributed by atoms with E-state index in [1.807, 2.05) is 12.1 Å². The lowest BCUT2D eigenvalue weighted by atomic mass is 9.85. The number of halogens is 1. The van der Waals surface area contributed by atoms with Crippen LogP contribution in [0.3, 0.4) is 0 Å². The molecule has 2 aliphatic rings. The summed E-state index contributed by atoms with van der Waals surface area (Å²) in [5.74, 6) is 2.11. The highest BCUT2D eigenvalue weighted by atomic mass is 19.1. The molecule has 30 heavy (non-hydrogen) atoms. The van der Waals surface area contributed by atoms with E-state index in [-0.39, 0.29) is 5.82 Å². The summed E-state index contributed by atoms with van der Waals surface area (Å²) in [6.07, 6.45) is 3.85. The molecule has 154 valence electrons. The first-order valence-electron chi connectivity index (χ1n) is 11.3. The summed E-state index contributed by atoms with van der Waals surface area (Å²) in [4.78, 5) is 2.69. The first kappa shape index (κ1) is 19.5. The first-order valence-corrected chi connectivity index (χ1v) is 11.3. The lowest BCUT2D eigenvalue weighted by molar-refractivity contribution is 0.203. The molecule has 1 heterocycles. The van der Waals surface area contributed by atoms with Gasteiger partial charge in [-0.3, -0.25) is 0 Å². The molecule has 1 saturated heterocycles. The Bertz CT molecular complexity index is 987. The number of likely N-dealkylation sites (tertiary alicyclic amines) is 1. The predicted molar refractivity (Wildman–Crippen MR) is 122 cm³/mol. The van der Waals surface area contributed by atoms with Crippen LogP contribution in [0.4, 0.5) is 4.39 Å². The van der Waals surface area contributed by atoms with Crippen LogP contribution in [0, 0.1) is 18.7 Å². The lowest BCUT2D eigenvalue weighted by Gasteiger charge is -2.33. The Morgan fingerprint density at radius 3 is 2.27 bits per heavy atom. The van der Waals surface area contributed by atoms with Crippen molar-refractivity contribution in [1.29, 1.82) is 0 Å². The molecule has 2 heteroatoms. The van der Waals surface area contributed by atoms with Crippen molar-refractivity contribution in [2.45, 2.75) is 38.0 Å². The van der Waals surface area contributed by atoms with Gasteiger partial charge in [0.2, 0.25) is 0 Å². The number of piperidine rings is 1. The van der Waals surface area contributed by atoms with Crippen LogP contribution in [0.1, 0.15) is 47.8 Å². The average molecular weight is 400 g/mol. The summed E-state index contributed by atoms with van der Waals surface area (Å²) < 4.78 is 13.2. The van der Waals surface area contributed by atoms with E-state index >= 15 is 0 Å². The highest BCUT2D eigenvalue weighted by Gasteiger charge is 2.39. The second-order valence-electron chi connectivity index (χ2n) is 9.17. The maximum Gasteiger partial charge on any atom is 0.123 e. The van der Waals surface area contributed by atoms with Crippen LogP contribution in [-0.2, 0) is 0 Å². The number of hydrogen-bond acceptors (Lipinski definition) is 1. The summed E-state index contributed by atoms with van der Waals surface area (Å²) >= 11 is 0. The number of rotatable bonds is 5. The molecule has 5 rings (SSSR count). The number of hydrogen-bond donors (Lipinski definition) is 0. The van der Waals surface area contributed by atoms with E-state index in [9.17, 15) is 4.39 Å². The fourth-order valence-corrected chi connectivity index (χ4v) is 5.27. The zero-order chi connectivity index (χ0) is 20.5. The molecule has 0 bridgehead atoms. The van der Waals surface area contributed by atoms with Crippen molar-refractivity contribution in [3.05, 3.63) is 95.3 Å². The van der Waals surface area contributed by atoms with Gasteiger partial charge in [-0.1, -0.05) is 60.7 Å². The zero-order valence-electron chi connectivity index (χ0n) is 17.7. The molecule has 3 aromatic carbocycles. The predicted octanol–water partition coefficient (Wildman–Crippen LogP) is 6.78. The Labute approximate surface area is 179 Å². The van der Waals surface area contributed by atoms with Crippen LogP contribution < -0.4 is 0 Å². The van der Waals surface area contributed by atoms with Gasteiger partial charge in [-0.2, -0.15) is 0 Å². The maximum atomic E-state index is 13.2. The van der Waals surface area contributed by atoms with Gasteiger partial charge in [0.25, 0.3) is 0 Å². The summed E-state index contributed by atoms with van der Waals surface area (Å²) in [5.41, 5.74) is 6.64. The number of benzene rings is 3. The van der Waals surface area contributed by atoms with Gasteiger partial charge in [-0.05, 0) is 97.0 Å². The van der Waals surface area contributed by atoms with E-state index in [1.165, 1.54) is 73.3 Å². The van der Waals surface area contributed by atoms with Crippen molar-refractivity contribution >= 4 is 0 Å². The van der Waals surface area contributed by atoms with Gasteiger partial charge in [0, 0.05) is 6.54 Å². The summed E-state index contributed by atoms with van der Waals surface area (Å²) in [5, 5.41) is 0. The van der Waals surface area contributed by atoms with E-state index < -0.39 is 0 Å². The molecule has 1 nitrogen and oxygen atoms in total. The molecule has 0 N–H and O–H groups in total. The van der Waals surface area contributed by atoms with Gasteiger partial charge in [-0.25, -0.2) is 4.39 Å². The second-order valence-corrected chi connectivity index (χ2v) is 9.17. The van der Waals surface area contributed by atoms with E-state index in [1.54, 1.807) is 0 Å². The quantitative estimate of drug-likeness (QED) is 0.457. The van der Waals surface area contributed by atoms with E-state index in [0.717, 1.165) is 17.4 Å². The van der Waals surface area contributed by atoms with Crippen molar-refractivity contribution in [3.63, 3.8) is 0 Å². The smallest absolute Gasteiger partial charge is 0.123 e. The van der Waals surface area contributed by atoms with E-state index in [0.29, 0.717) is 5.92 Å². The highest BCUT2D eigenvalue weighted by Crippen LogP contribution is 2.48. The third kappa shape index (κ3) is 4.20. The number of aryl methyl sites for hydroxylation is 1. The lowest BCUT2D eigenvalue weighted by Crippen LogP contribution is -2.34. The fourth-order valence-electron chi connectivity index (χ4n) is 5.27. The topological polar surface area (TPSA) is 3.24 Å². The minimum Gasteiger partial charge on any atom is -0.303 e. The summed E-state index contributed by atoms with van der Waals surface area (Å²) in [7, 11) is 0. The highest BCUT2D eigenvalue weighted by molar-refractivity contribution is 5.65. The third-order valence-corrected chi connectivity index (χ3v) is 7.12. The molecule has 1 aliphatic carbocycles. The number of nitrogens with zero attached hydrogens (tertiary/aromatic N) is 1. The Kier molecular flexibility index (Phi) is 5.43. The molecule has 1 aliphatic heterocycles. The van der Waals surface area contributed by atoms with Crippen molar-refractivity contribution in [2.75, 3.05) is 19.6 Å². The molecule has 2 atom stereocenters. The van der Waals surface area contributed by atoms with E-state index in [4.69, 9.17) is 0 Å². The minimum absolute atomic E-state index is 0.180. The SMILES string of the molecule is Cc1cc(-c2ccc(F)cc2)ccc1C1CCN(C[C@@H]2C[C@H]2c2ccccc2)CC1. The molecule has 0 radical (unpaired) electrons. The van der Waals surface area contributed by atoms with Gasteiger partial charge in [0.15, 0.2) is 0 Å². The molecular weight excluding hydrogens is 369 g/mol. The second kappa shape index (κ2) is 8.35. The molecule has 2 fully saturated rings. The summed E-state index contributed by atoms with van der Waals surface area (Å²) in [6, 6.07) is 24.6. The normalized spacial score (nSPS) is 22.2. The van der Waals surface area contributed by atoms with Crippen LogP contribution in [0.25, 0.3) is 11.1 Å². The largest absolute Gasteiger partial charge is 0.303 e. The van der Waals surface area contributed by atoms with Crippen LogP contribution >= 0.6 is 0 Å². The van der Waals surface area contributed by atoms with Gasteiger partial charge >= 0.3 is 0 Å². The maximum absolute atomic E-state index is 13.2. The fraction of sp³-hybridized carbons (Fsp3) is 0.357. The Morgan fingerprint density at radius 1 is 0.867 bits per heavy atom. The van der Waals surface area contributed by atoms with Crippen LogP contribution in [0.2, 0.25) is 0 Å². The molecule has 3 aromatic rings. The summed E-state index contributed by atoms with van der Waals surface area (Å²) in [6.45, 7) is 5.90. The van der Waals surface area contributed by atoms with Gasteiger partial charge in [0.05, 0.1) is 0 Å². The van der Waals surface area contributed by atoms with Crippen molar-refractivity contribution in [2.24, 2.45) is 5.92 Å². The minimum atomic E-state index is -0.180. The molecular formula is C28H30FN. The Hall–Kier alpha value is -2.45. The monoisotopic (exact) mass is 399 g/mol. The van der Waals surface area contributed by atoms with E-state index in [2.05, 4.69) is 60.4 Å². The van der Waals surface area contributed by atoms with Crippen LogP contribution in [0.15, 0.2) is 72.8 Å². The van der Waals surface area contributed by atoms with Gasteiger partial charge < -0.3 is 4.90 Å². The van der Waals surface area contributed by atoms with Crippen LogP contribution in [0.5, 0.6) is 0 Å². The first-order chi connectivity index (χ1) is 14.7. The molecule has 0 amide bonds. The van der Waals surface area contributed by atoms with Crippen molar-refractivity contribution in [1.82, 2.24) is 4.90 Å². The average Bonchev–Trinajstić information content (AvgIpc) is 3.55. The molecule has 0 aromatic heterocycles. The van der Waals surface area contributed by atoms with Crippen LogP contribution in [-0.4, -0.2) is 24.5 Å². The van der Waals surface area contributed by atoms with Crippen molar-refractivity contribution in [3.8, 4) is 11.1 Å². The zero-order valence-corrected chi connectivity index (χ0v) is 17.7. The standard InChI is InChI=1S/C28H30FN/c1-20-17-24(21-7-10-26(29)11-8-21)9-12-27(20)23-13-15-30(16-14-23)19-25-18-28(25)22-5-3-2-4-6-22/h2-12,17,23,25,28H,13-16,18-19H2,1H3/t25-,28-/m0/s1. The Balaban J connectivity index is 1.17. The molecule has 0 spiro atoms. The Morgan fingerprint density at radius 2 is 1.57 bits per heavy atom. The van der Waals surface area contributed by atoms with Gasteiger partial charge in [-0.15, -0.1) is 0 Å². The van der Waals surface area contributed by atoms with Gasteiger partial charge in [0.1, 0.15) is 5.82 Å². The molecule has 0 unspecified atom stereocenters. The van der Waals surface area contributed by atoms with Crippen molar-refractivity contribution < 1.29 is 4.39 Å². The third-order valence-electron chi connectivity index (χ3n) is 7.12.